The van der Waals surface area contributed by atoms with Crippen LogP contribution in [0.1, 0.15) is 33.1 Å². The minimum Gasteiger partial charge on any atom is -0.465 e. The Labute approximate surface area is 229 Å². The molecule has 5 rings (SSSR count). The van der Waals surface area contributed by atoms with Crippen LogP contribution in [0.2, 0.25) is 0 Å². The molecule has 5 heterocycles. The molecule has 0 bridgehead atoms. The molecule has 3 fully saturated rings. The van der Waals surface area contributed by atoms with Crippen LogP contribution in [-0.2, 0) is 23.9 Å². The number of allylic oxidation sites excluding steroid dienone is 1. The number of morpholine rings is 1. The number of cyclic esters (lactones) is 1. The van der Waals surface area contributed by atoms with Gasteiger partial charge in [-0.05, 0) is 25.2 Å². The predicted molar refractivity (Wildman–Crippen MR) is 144 cm³/mol. The van der Waals surface area contributed by atoms with Gasteiger partial charge in [-0.15, -0.1) is 11.8 Å². The van der Waals surface area contributed by atoms with E-state index in [1.54, 1.807) is 16.7 Å². The highest BCUT2D eigenvalue weighted by Crippen LogP contribution is 2.61. The summed E-state index contributed by atoms with van der Waals surface area (Å²) in [4.78, 5) is 47.9. The Morgan fingerprint density at radius 1 is 1.11 bits per heavy atom. The summed E-state index contributed by atoms with van der Waals surface area (Å²) in [5, 5.41) is 10.2. The number of nitrogens with zero attached hydrogens (tertiary/aromatic N) is 3. The number of hydrogen-bond acceptors (Lipinski definition) is 8. The van der Waals surface area contributed by atoms with E-state index in [1.807, 2.05) is 23.1 Å². The van der Waals surface area contributed by atoms with Crippen molar-refractivity contribution < 1.29 is 29.0 Å². The number of thioether (sulfide) groups is 1. The topological polar surface area (TPSA) is 99.6 Å². The summed E-state index contributed by atoms with van der Waals surface area (Å²) in [6, 6.07) is -1.27. The molecule has 0 aromatic rings. The number of rotatable bonds is 7. The predicted octanol–water partition coefficient (Wildman–Crippen LogP) is 1.31. The third kappa shape index (κ3) is 5.05. The van der Waals surface area contributed by atoms with Crippen LogP contribution >= 0.6 is 11.8 Å². The molecule has 0 saturated carbocycles. The maximum absolute atomic E-state index is 14.4. The molecule has 1 N–H and O–H groups in total. The average Bonchev–Trinajstić information content (AvgIpc) is 3.32. The van der Waals surface area contributed by atoms with Gasteiger partial charge >= 0.3 is 5.97 Å². The standard InChI is InChI=1S/C28H41N3O6S/c1-19(2)17-20(18-32)31-24-26(34)30(11-10-29-12-15-36-16-13-29)9-6-8-28(24)23(25(31)33)22-21(38-28)7-4-3-5-14-37-27(22)35/h4,6-8,19-24,32H,3,5,9-18H2,1-2H3/b7-4-/t20-,21-,22+,23+,24?,28+/m1/s1. The molecule has 10 heteroatoms. The number of aliphatic hydroxyl groups excluding tert-OH is 1. The Hall–Kier alpha value is -1.88. The SMILES string of the molecule is CC(C)C[C@H](CO)N1C(=O)[C@@H]2[C@H]3C(=O)OCCC/C=C\[C@H]3S[C@@]23C=CCN(CCN2CCOCC2)C(=O)C13. The highest BCUT2D eigenvalue weighted by molar-refractivity contribution is 8.02. The molecule has 2 amide bonds. The van der Waals surface area contributed by atoms with E-state index in [0.29, 0.717) is 39.3 Å². The number of amides is 2. The molecule has 3 saturated heterocycles. The van der Waals surface area contributed by atoms with Crippen LogP contribution in [0, 0.1) is 17.8 Å². The molecular weight excluding hydrogens is 506 g/mol. The van der Waals surface area contributed by atoms with Gasteiger partial charge in [0, 0.05) is 38.0 Å². The number of esters is 1. The van der Waals surface area contributed by atoms with Gasteiger partial charge < -0.3 is 24.4 Å². The second-order valence-corrected chi connectivity index (χ2v) is 12.9. The molecule has 5 aliphatic rings. The lowest BCUT2D eigenvalue weighted by molar-refractivity contribution is -0.153. The maximum atomic E-state index is 14.4. The second kappa shape index (κ2) is 11.7. The number of carbonyl (C=O) groups is 3. The Morgan fingerprint density at radius 2 is 1.89 bits per heavy atom. The van der Waals surface area contributed by atoms with Crippen LogP contribution in [-0.4, -0.2) is 119 Å². The van der Waals surface area contributed by atoms with Crippen molar-refractivity contribution in [2.45, 2.75) is 55.2 Å². The van der Waals surface area contributed by atoms with Crippen LogP contribution in [0.25, 0.3) is 0 Å². The summed E-state index contributed by atoms with van der Waals surface area (Å²) in [6.07, 6.45) is 10.3. The van der Waals surface area contributed by atoms with Gasteiger partial charge in [0.25, 0.3) is 0 Å². The molecule has 210 valence electrons. The second-order valence-electron chi connectivity index (χ2n) is 11.4. The summed E-state index contributed by atoms with van der Waals surface area (Å²) in [7, 11) is 0. The highest BCUT2D eigenvalue weighted by Gasteiger charge is 2.71. The zero-order chi connectivity index (χ0) is 26.9. The van der Waals surface area contributed by atoms with Crippen molar-refractivity contribution in [2.24, 2.45) is 17.8 Å². The van der Waals surface area contributed by atoms with E-state index in [-0.39, 0.29) is 35.6 Å². The van der Waals surface area contributed by atoms with E-state index in [9.17, 15) is 19.5 Å². The number of aliphatic hydroxyl groups is 1. The molecule has 0 aromatic carbocycles. The first-order chi connectivity index (χ1) is 18.4. The summed E-state index contributed by atoms with van der Waals surface area (Å²) in [5.74, 6) is -1.82. The summed E-state index contributed by atoms with van der Waals surface area (Å²) < 4.78 is 10.2. The van der Waals surface area contributed by atoms with Crippen molar-refractivity contribution in [3.63, 3.8) is 0 Å². The van der Waals surface area contributed by atoms with E-state index in [2.05, 4.69) is 24.8 Å². The summed E-state index contributed by atoms with van der Waals surface area (Å²) >= 11 is 1.56. The molecule has 1 spiro atoms. The molecule has 1 unspecified atom stereocenters. The Morgan fingerprint density at radius 3 is 2.63 bits per heavy atom. The number of carbonyl (C=O) groups excluding carboxylic acids is 3. The zero-order valence-corrected chi connectivity index (χ0v) is 23.3. The lowest BCUT2D eigenvalue weighted by Gasteiger charge is -2.39. The van der Waals surface area contributed by atoms with Crippen LogP contribution in [0.5, 0.6) is 0 Å². The Bertz CT molecular complexity index is 966. The van der Waals surface area contributed by atoms with Gasteiger partial charge in [0.05, 0.1) is 49.1 Å². The third-order valence-corrected chi connectivity index (χ3v) is 10.3. The fourth-order valence-corrected chi connectivity index (χ4v) is 8.73. The lowest BCUT2D eigenvalue weighted by atomic mass is 9.78. The molecule has 0 aliphatic carbocycles. The zero-order valence-electron chi connectivity index (χ0n) is 22.5. The van der Waals surface area contributed by atoms with Gasteiger partial charge in [-0.25, -0.2) is 0 Å². The lowest BCUT2D eigenvalue weighted by Crippen LogP contribution is -2.57. The first-order valence-corrected chi connectivity index (χ1v) is 15.0. The maximum Gasteiger partial charge on any atom is 0.311 e. The molecule has 9 nitrogen and oxygen atoms in total. The molecule has 0 aromatic heterocycles. The number of likely N-dealkylation sites (tertiary alicyclic amines) is 1. The van der Waals surface area contributed by atoms with Crippen molar-refractivity contribution in [1.29, 1.82) is 0 Å². The monoisotopic (exact) mass is 547 g/mol. The third-order valence-electron chi connectivity index (χ3n) is 8.51. The summed E-state index contributed by atoms with van der Waals surface area (Å²) in [6.45, 7) is 9.02. The Kier molecular flexibility index (Phi) is 8.52. The highest BCUT2D eigenvalue weighted by atomic mass is 32.2. The molecule has 6 atom stereocenters. The van der Waals surface area contributed by atoms with E-state index in [1.165, 1.54) is 0 Å². The molecular formula is C28H41N3O6S. The van der Waals surface area contributed by atoms with Crippen molar-refractivity contribution in [3.05, 3.63) is 24.3 Å². The van der Waals surface area contributed by atoms with E-state index in [4.69, 9.17) is 9.47 Å². The van der Waals surface area contributed by atoms with E-state index in [0.717, 1.165) is 32.5 Å². The van der Waals surface area contributed by atoms with Gasteiger partial charge in [0.2, 0.25) is 11.8 Å². The molecule has 5 aliphatic heterocycles. The van der Waals surface area contributed by atoms with Crippen LogP contribution < -0.4 is 0 Å². The smallest absolute Gasteiger partial charge is 0.311 e. The molecule has 38 heavy (non-hydrogen) atoms. The fourth-order valence-electron chi connectivity index (χ4n) is 6.74. The van der Waals surface area contributed by atoms with Gasteiger partial charge in [0.1, 0.15) is 6.04 Å². The van der Waals surface area contributed by atoms with Crippen molar-refractivity contribution in [2.75, 3.05) is 59.2 Å². The van der Waals surface area contributed by atoms with E-state index >= 15 is 0 Å². The van der Waals surface area contributed by atoms with Crippen LogP contribution in [0.15, 0.2) is 24.3 Å². The molecule has 0 radical (unpaired) electrons. The largest absolute Gasteiger partial charge is 0.465 e. The van der Waals surface area contributed by atoms with Crippen LogP contribution in [0.4, 0.5) is 0 Å². The average molecular weight is 548 g/mol. The van der Waals surface area contributed by atoms with Crippen molar-refractivity contribution in [1.82, 2.24) is 14.7 Å². The number of ether oxygens (including phenoxy) is 2. The minimum absolute atomic E-state index is 0.0994. The number of fused-ring (bicyclic) bond motifs is 2. The van der Waals surface area contributed by atoms with Crippen LogP contribution in [0.3, 0.4) is 0 Å². The summed E-state index contributed by atoms with van der Waals surface area (Å²) in [5.41, 5.74) is 0. The fraction of sp³-hybridized carbons (Fsp3) is 0.750. The van der Waals surface area contributed by atoms with Gasteiger partial charge in [-0.3, -0.25) is 19.3 Å². The van der Waals surface area contributed by atoms with E-state index < -0.39 is 28.7 Å². The van der Waals surface area contributed by atoms with Gasteiger partial charge in [-0.1, -0.05) is 38.2 Å². The van der Waals surface area contributed by atoms with Gasteiger partial charge in [0.15, 0.2) is 0 Å². The van der Waals surface area contributed by atoms with Crippen molar-refractivity contribution >= 4 is 29.5 Å². The number of hydrogen-bond donors (Lipinski definition) is 1. The first kappa shape index (κ1) is 27.7. The van der Waals surface area contributed by atoms with Crippen molar-refractivity contribution in [3.8, 4) is 0 Å². The first-order valence-electron chi connectivity index (χ1n) is 14.1. The minimum atomic E-state index is -0.885. The van der Waals surface area contributed by atoms with Gasteiger partial charge in [-0.2, -0.15) is 0 Å². The quantitative estimate of drug-likeness (QED) is 0.376. The Balaban J connectivity index is 1.51. The normalized spacial score (nSPS) is 35.6.